The minimum atomic E-state index is -0.412. The quantitative estimate of drug-likeness (QED) is 0.841. The normalized spacial score (nSPS) is 20.9. The number of ketones is 1. The molecule has 3 nitrogen and oxygen atoms in total. The Morgan fingerprint density at radius 1 is 1.61 bits per heavy atom. The van der Waals surface area contributed by atoms with Gasteiger partial charge in [-0.05, 0) is 24.7 Å². The predicted molar refractivity (Wildman–Crippen MR) is 67.4 cm³/mol. The SMILES string of the molecule is CN1CCOC(C(=O)Cc2ccc(F)cc2Cl)C1. The molecular weight excluding hydrogens is 257 g/mol. The number of nitrogens with zero attached hydrogens (tertiary/aromatic N) is 1. The lowest BCUT2D eigenvalue weighted by atomic mass is 10.0. The van der Waals surface area contributed by atoms with Gasteiger partial charge in [-0.15, -0.1) is 0 Å². The number of hydrogen-bond donors (Lipinski definition) is 0. The van der Waals surface area contributed by atoms with E-state index < -0.39 is 11.9 Å². The van der Waals surface area contributed by atoms with Gasteiger partial charge in [0.05, 0.1) is 6.61 Å². The Kier molecular flexibility index (Phi) is 4.32. The van der Waals surface area contributed by atoms with Gasteiger partial charge in [0.25, 0.3) is 0 Å². The van der Waals surface area contributed by atoms with Crippen LogP contribution in [0.2, 0.25) is 5.02 Å². The van der Waals surface area contributed by atoms with E-state index in [2.05, 4.69) is 4.90 Å². The highest BCUT2D eigenvalue weighted by Gasteiger charge is 2.25. The Bertz CT molecular complexity index is 453. The standard InChI is InChI=1S/C13H15ClFNO2/c1-16-4-5-18-13(8-16)12(17)6-9-2-3-10(15)7-11(9)14/h2-3,7,13H,4-6,8H2,1H3. The fourth-order valence-electron chi connectivity index (χ4n) is 1.94. The van der Waals surface area contributed by atoms with E-state index >= 15 is 0 Å². The number of rotatable bonds is 3. The van der Waals surface area contributed by atoms with Crippen LogP contribution in [0, 0.1) is 5.82 Å². The van der Waals surface area contributed by atoms with Gasteiger partial charge in [-0.25, -0.2) is 4.39 Å². The highest BCUT2D eigenvalue weighted by atomic mass is 35.5. The number of carbonyl (C=O) groups is 1. The summed E-state index contributed by atoms with van der Waals surface area (Å²) in [5.41, 5.74) is 0.639. The molecule has 1 saturated heterocycles. The Labute approximate surface area is 110 Å². The average molecular weight is 272 g/mol. The van der Waals surface area contributed by atoms with Gasteiger partial charge in [-0.1, -0.05) is 17.7 Å². The molecule has 0 amide bonds. The minimum absolute atomic E-state index is 0.0185. The third-order valence-electron chi connectivity index (χ3n) is 3.01. The molecule has 2 rings (SSSR count). The fourth-order valence-corrected chi connectivity index (χ4v) is 2.17. The molecule has 0 aliphatic carbocycles. The van der Waals surface area contributed by atoms with Gasteiger partial charge < -0.3 is 9.64 Å². The number of ether oxygens (including phenoxy) is 1. The van der Waals surface area contributed by atoms with Gasteiger partial charge >= 0.3 is 0 Å². The van der Waals surface area contributed by atoms with Gasteiger partial charge in [0, 0.05) is 24.5 Å². The topological polar surface area (TPSA) is 29.5 Å². The molecule has 1 atom stereocenters. The first-order valence-electron chi connectivity index (χ1n) is 5.83. The molecule has 98 valence electrons. The molecule has 1 heterocycles. The summed E-state index contributed by atoms with van der Waals surface area (Å²) in [5.74, 6) is -0.417. The van der Waals surface area contributed by atoms with Crippen LogP contribution in [0.5, 0.6) is 0 Å². The van der Waals surface area contributed by atoms with E-state index in [4.69, 9.17) is 16.3 Å². The predicted octanol–water partition coefficient (Wildman–Crippen LogP) is 1.92. The van der Waals surface area contributed by atoms with Crippen molar-refractivity contribution in [3.63, 3.8) is 0 Å². The van der Waals surface area contributed by atoms with Gasteiger partial charge in [0.2, 0.25) is 0 Å². The van der Waals surface area contributed by atoms with Gasteiger partial charge in [-0.2, -0.15) is 0 Å². The summed E-state index contributed by atoms with van der Waals surface area (Å²) in [7, 11) is 1.95. The van der Waals surface area contributed by atoms with E-state index in [1.54, 1.807) is 6.07 Å². The van der Waals surface area contributed by atoms with Crippen molar-refractivity contribution >= 4 is 17.4 Å². The zero-order chi connectivity index (χ0) is 13.1. The third kappa shape index (κ3) is 3.28. The Morgan fingerprint density at radius 2 is 2.39 bits per heavy atom. The van der Waals surface area contributed by atoms with Crippen LogP contribution in [0.4, 0.5) is 4.39 Å². The van der Waals surface area contributed by atoms with Crippen LogP contribution < -0.4 is 0 Å². The number of hydrogen-bond acceptors (Lipinski definition) is 3. The Hall–Kier alpha value is -0.970. The molecule has 18 heavy (non-hydrogen) atoms. The molecule has 0 radical (unpaired) electrons. The maximum atomic E-state index is 12.9. The maximum Gasteiger partial charge on any atom is 0.167 e. The second kappa shape index (κ2) is 5.78. The molecule has 0 bridgehead atoms. The largest absolute Gasteiger partial charge is 0.368 e. The molecule has 0 aromatic heterocycles. The number of morpholine rings is 1. The highest BCUT2D eigenvalue weighted by Crippen LogP contribution is 2.19. The maximum absolute atomic E-state index is 12.9. The summed E-state index contributed by atoms with van der Waals surface area (Å²) < 4.78 is 18.3. The van der Waals surface area contributed by atoms with Crippen molar-refractivity contribution in [2.45, 2.75) is 12.5 Å². The number of likely N-dealkylation sites (N-methyl/N-ethyl adjacent to an activating group) is 1. The zero-order valence-electron chi connectivity index (χ0n) is 10.2. The number of benzene rings is 1. The second-order valence-corrected chi connectivity index (χ2v) is 4.91. The van der Waals surface area contributed by atoms with E-state index in [1.165, 1.54) is 12.1 Å². The Balaban J connectivity index is 2.02. The van der Waals surface area contributed by atoms with Crippen LogP contribution in [0.25, 0.3) is 0 Å². The van der Waals surface area contributed by atoms with Crippen molar-refractivity contribution in [3.8, 4) is 0 Å². The van der Waals surface area contributed by atoms with Crippen LogP contribution >= 0.6 is 11.6 Å². The fraction of sp³-hybridized carbons (Fsp3) is 0.462. The minimum Gasteiger partial charge on any atom is -0.368 e. The molecule has 0 saturated carbocycles. The molecule has 1 aliphatic rings. The number of halogens is 2. The lowest BCUT2D eigenvalue weighted by molar-refractivity contribution is -0.134. The van der Waals surface area contributed by atoms with Gasteiger partial charge in [0.15, 0.2) is 5.78 Å². The summed E-state index contributed by atoms with van der Waals surface area (Å²) in [4.78, 5) is 14.1. The van der Waals surface area contributed by atoms with E-state index in [1.807, 2.05) is 7.05 Å². The summed E-state index contributed by atoms with van der Waals surface area (Å²) in [5, 5.41) is 0.285. The molecule has 1 aliphatic heterocycles. The molecule has 1 fully saturated rings. The first-order valence-corrected chi connectivity index (χ1v) is 6.21. The summed E-state index contributed by atoms with van der Waals surface area (Å²) >= 11 is 5.90. The second-order valence-electron chi connectivity index (χ2n) is 4.50. The molecule has 1 aromatic carbocycles. The van der Waals surface area contributed by atoms with E-state index in [9.17, 15) is 9.18 Å². The zero-order valence-corrected chi connectivity index (χ0v) is 10.9. The third-order valence-corrected chi connectivity index (χ3v) is 3.36. The summed E-state index contributed by atoms with van der Waals surface area (Å²) in [6.07, 6.45) is -0.234. The molecule has 5 heteroatoms. The van der Waals surface area contributed by atoms with Crippen molar-refractivity contribution in [2.24, 2.45) is 0 Å². The molecule has 0 spiro atoms. The molecule has 1 aromatic rings. The van der Waals surface area contributed by atoms with Crippen molar-refractivity contribution < 1.29 is 13.9 Å². The van der Waals surface area contributed by atoms with Crippen molar-refractivity contribution in [1.29, 1.82) is 0 Å². The monoisotopic (exact) mass is 271 g/mol. The van der Waals surface area contributed by atoms with Crippen LogP contribution in [-0.4, -0.2) is 43.5 Å². The summed E-state index contributed by atoms with van der Waals surface area (Å²) in [6.45, 7) is 1.99. The highest BCUT2D eigenvalue weighted by molar-refractivity contribution is 6.31. The van der Waals surface area contributed by atoms with E-state index in [0.717, 1.165) is 6.54 Å². The first kappa shape index (κ1) is 13.5. The lowest BCUT2D eigenvalue weighted by Crippen LogP contribution is -2.44. The molecule has 0 N–H and O–H groups in total. The van der Waals surface area contributed by atoms with Crippen molar-refractivity contribution in [1.82, 2.24) is 4.90 Å². The van der Waals surface area contributed by atoms with Crippen molar-refractivity contribution in [3.05, 3.63) is 34.6 Å². The lowest BCUT2D eigenvalue weighted by Gasteiger charge is -2.29. The van der Waals surface area contributed by atoms with Gasteiger partial charge in [-0.3, -0.25) is 4.79 Å². The van der Waals surface area contributed by atoms with Crippen LogP contribution in [0.3, 0.4) is 0 Å². The molecule has 1 unspecified atom stereocenters. The smallest absolute Gasteiger partial charge is 0.167 e. The summed E-state index contributed by atoms with van der Waals surface area (Å²) in [6, 6.07) is 4.07. The average Bonchev–Trinajstić information content (AvgIpc) is 2.32. The molecular formula is C13H15ClFNO2. The van der Waals surface area contributed by atoms with Crippen LogP contribution in [0.1, 0.15) is 5.56 Å². The van der Waals surface area contributed by atoms with Crippen molar-refractivity contribution in [2.75, 3.05) is 26.7 Å². The van der Waals surface area contributed by atoms with E-state index in [0.29, 0.717) is 18.7 Å². The van der Waals surface area contributed by atoms with Gasteiger partial charge in [0.1, 0.15) is 11.9 Å². The van der Waals surface area contributed by atoms with E-state index in [-0.39, 0.29) is 17.2 Å². The van der Waals surface area contributed by atoms with Crippen LogP contribution in [0.15, 0.2) is 18.2 Å². The van der Waals surface area contributed by atoms with Crippen LogP contribution in [-0.2, 0) is 16.0 Å². The first-order chi connectivity index (χ1) is 8.56. The number of carbonyl (C=O) groups excluding carboxylic acids is 1. The Morgan fingerprint density at radius 3 is 3.06 bits per heavy atom. The number of Topliss-reactive ketones (excluding diaryl/α,β-unsaturated/α-hetero) is 1.